The topological polar surface area (TPSA) is 38.3 Å². The van der Waals surface area contributed by atoms with Crippen molar-refractivity contribution >= 4 is 21.9 Å². The van der Waals surface area contributed by atoms with E-state index in [-0.39, 0.29) is 12.0 Å². The van der Waals surface area contributed by atoms with Gasteiger partial charge in [0.2, 0.25) is 0 Å². The fraction of sp³-hybridized carbons (Fsp3) is 0.417. The molecule has 3 nitrogen and oxygen atoms in total. The van der Waals surface area contributed by atoms with Crippen molar-refractivity contribution in [2.24, 2.45) is 0 Å². The van der Waals surface area contributed by atoms with Crippen LogP contribution in [0.1, 0.15) is 18.4 Å². The van der Waals surface area contributed by atoms with E-state index in [1.54, 1.807) is 0 Å². The smallest absolute Gasteiger partial charge is 0.323 e. The maximum absolute atomic E-state index is 11.6. The van der Waals surface area contributed by atoms with Gasteiger partial charge in [0.05, 0.1) is 0 Å². The minimum absolute atomic E-state index is 0.109. The number of rotatable bonds is 3. The minimum Gasteiger partial charge on any atom is -0.460 e. The summed E-state index contributed by atoms with van der Waals surface area (Å²) in [6.07, 6.45) is 1.93. The van der Waals surface area contributed by atoms with Crippen LogP contribution in [0.5, 0.6) is 0 Å². The molecule has 0 bridgehead atoms. The zero-order valence-electron chi connectivity index (χ0n) is 8.91. The number of carbonyl (C=O) groups is 1. The molecule has 1 unspecified atom stereocenters. The molecule has 16 heavy (non-hydrogen) atoms. The highest BCUT2D eigenvalue weighted by atomic mass is 79.9. The Morgan fingerprint density at radius 1 is 1.50 bits per heavy atom. The predicted octanol–water partition coefficient (Wildman–Crippen LogP) is 2.24. The van der Waals surface area contributed by atoms with Crippen molar-refractivity contribution in [1.82, 2.24) is 5.32 Å². The third-order valence-electron chi connectivity index (χ3n) is 2.67. The summed E-state index contributed by atoms with van der Waals surface area (Å²) in [5, 5.41) is 3.12. The summed E-state index contributed by atoms with van der Waals surface area (Å²) in [6.45, 7) is 1.24. The number of esters is 1. The molecule has 0 amide bonds. The molecule has 1 aliphatic heterocycles. The van der Waals surface area contributed by atoms with E-state index in [9.17, 15) is 4.79 Å². The molecular weight excluding hydrogens is 270 g/mol. The Hall–Kier alpha value is -0.870. The highest BCUT2D eigenvalue weighted by molar-refractivity contribution is 9.10. The van der Waals surface area contributed by atoms with Crippen LogP contribution in [0.2, 0.25) is 0 Å². The van der Waals surface area contributed by atoms with E-state index in [1.807, 2.05) is 24.3 Å². The first-order chi connectivity index (χ1) is 7.77. The number of nitrogens with one attached hydrogen (secondary N) is 1. The van der Waals surface area contributed by atoms with Crippen molar-refractivity contribution in [1.29, 1.82) is 0 Å². The first-order valence-electron chi connectivity index (χ1n) is 5.41. The van der Waals surface area contributed by atoms with Crippen LogP contribution in [-0.2, 0) is 16.1 Å². The number of hydrogen-bond donors (Lipinski definition) is 1. The van der Waals surface area contributed by atoms with Crippen molar-refractivity contribution in [3.05, 3.63) is 34.3 Å². The molecule has 1 heterocycles. The third-order valence-corrected chi connectivity index (χ3v) is 3.45. The van der Waals surface area contributed by atoms with Crippen LogP contribution < -0.4 is 5.32 Å². The largest absolute Gasteiger partial charge is 0.460 e. The molecule has 4 heteroatoms. The summed E-state index contributed by atoms with van der Waals surface area (Å²) in [6, 6.07) is 7.65. The second kappa shape index (κ2) is 5.46. The van der Waals surface area contributed by atoms with Gasteiger partial charge in [0, 0.05) is 10.0 Å². The van der Waals surface area contributed by atoms with Gasteiger partial charge in [-0.25, -0.2) is 0 Å². The Morgan fingerprint density at radius 2 is 2.31 bits per heavy atom. The van der Waals surface area contributed by atoms with Gasteiger partial charge in [0.25, 0.3) is 0 Å². The van der Waals surface area contributed by atoms with E-state index in [2.05, 4.69) is 21.2 Å². The van der Waals surface area contributed by atoms with Gasteiger partial charge in [-0.1, -0.05) is 34.1 Å². The Morgan fingerprint density at radius 3 is 3.00 bits per heavy atom. The molecule has 0 spiro atoms. The first-order valence-corrected chi connectivity index (χ1v) is 6.20. The zero-order valence-corrected chi connectivity index (χ0v) is 10.5. The minimum atomic E-state index is -0.145. The summed E-state index contributed by atoms with van der Waals surface area (Å²) in [5.41, 5.74) is 0.994. The third kappa shape index (κ3) is 2.83. The first kappa shape index (κ1) is 11.6. The van der Waals surface area contributed by atoms with E-state index in [1.165, 1.54) is 0 Å². The monoisotopic (exact) mass is 283 g/mol. The van der Waals surface area contributed by atoms with Crippen LogP contribution in [0, 0.1) is 0 Å². The average Bonchev–Trinajstić information content (AvgIpc) is 2.81. The predicted molar refractivity (Wildman–Crippen MR) is 65.0 cm³/mol. The summed E-state index contributed by atoms with van der Waals surface area (Å²) >= 11 is 3.42. The lowest BCUT2D eigenvalue weighted by molar-refractivity contribution is -0.147. The van der Waals surface area contributed by atoms with Crippen molar-refractivity contribution in [2.45, 2.75) is 25.5 Å². The molecule has 1 aliphatic rings. The molecule has 1 N–H and O–H groups in total. The fourth-order valence-corrected chi connectivity index (χ4v) is 2.15. The van der Waals surface area contributed by atoms with E-state index in [4.69, 9.17) is 4.74 Å². The Labute approximate surface area is 103 Å². The van der Waals surface area contributed by atoms with Crippen molar-refractivity contribution in [3.8, 4) is 0 Å². The van der Waals surface area contributed by atoms with Gasteiger partial charge < -0.3 is 10.1 Å². The molecule has 0 aliphatic carbocycles. The highest BCUT2D eigenvalue weighted by Gasteiger charge is 2.23. The van der Waals surface area contributed by atoms with E-state index < -0.39 is 0 Å². The molecule has 1 aromatic rings. The molecule has 1 fully saturated rings. The van der Waals surface area contributed by atoms with Crippen molar-refractivity contribution in [3.63, 3.8) is 0 Å². The SMILES string of the molecule is O=C(OCc1ccccc1Br)C1CCCN1. The zero-order chi connectivity index (χ0) is 11.4. The number of hydrogen-bond acceptors (Lipinski definition) is 3. The maximum atomic E-state index is 11.6. The van der Waals surface area contributed by atoms with Crippen LogP contribution >= 0.6 is 15.9 Å². The number of benzene rings is 1. The summed E-state index contributed by atoms with van der Waals surface area (Å²) in [7, 11) is 0. The van der Waals surface area contributed by atoms with E-state index >= 15 is 0 Å². The summed E-state index contributed by atoms with van der Waals surface area (Å²) < 4.78 is 6.24. The van der Waals surface area contributed by atoms with Gasteiger partial charge in [0.1, 0.15) is 12.6 Å². The Balaban J connectivity index is 1.87. The van der Waals surface area contributed by atoms with Crippen LogP contribution in [0.3, 0.4) is 0 Å². The van der Waals surface area contributed by atoms with Gasteiger partial charge in [-0.2, -0.15) is 0 Å². The normalized spacial score (nSPS) is 19.7. The van der Waals surface area contributed by atoms with Crippen molar-refractivity contribution < 1.29 is 9.53 Å². The van der Waals surface area contributed by atoms with Crippen LogP contribution in [0.25, 0.3) is 0 Å². The molecule has 1 aromatic carbocycles. The van der Waals surface area contributed by atoms with Gasteiger partial charge in [-0.3, -0.25) is 4.79 Å². The quantitative estimate of drug-likeness (QED) is 0.865. The lowest BCUT2D eigenvalue weighted by Crippen LogP contribution is -2.32. The standard InChI is InChI=1S/C12H14BrNO2/c13-10-5-2-1-4-9(10)8-16-12(15)11-6-3-7-14-11/h1-2,4-5,11,14H,3,6-8H2. The number of ether oxygens (including phenoxy) is 1. The van der Waals surface area contributed by atoms with E-state index in [0.29, 0.717) is 6.61 Å². The van der Waals surface area contributed by atoms with Gasteiger partial charge in [-0.15, -0.1) is 0 Å². The molecule has 1 atom stereocenters. The van der Waals surface area contributed by atoms with Crippen LogP contribution in [0.4, 0.5) is 0 Å². The molecule has 0 aromatic heterocycles. The van der Waals surface area contributed by atoms with Gasteiger partial charge in [0.15, 0.2) is 0 Å². The van der Waals surface area contributed by atoms with Crippen LogP contribution in [-0.4, -0.2) is 18.6 Å². The second-order valence-corrected chi connectivity index (χ2v) is 4.70. The molecule has 1 saturated heterocycles. The number of carbonyl (C=O) groups excluding carboxylic acids is 1. The maximum Gasteiger partial charge on any atom is 0.323 e. The van der Waals surface area contributed by atoms with Gasteiger partial charge >= 0.3 is 5.97 Å². The Kier molecular flexibility index (Phi) is 3.96. The Bertz CT molecular complexity index is 375. The molecular formula is C12H14BrNO2. The second-order valence-electron chi connectivity index (χ2n) is 3.85. The lowest BCUT2D eigenvalue weighted by Gasteiger charge is -2.10. The summed E-state index contributed by atoms with van der Waals surface area (Å²) in [5.74, 6) is -0.145. The van der Waals surface area contributed by atoms with E-state index in [0.717, 1.165) is 29.4 Å². The molecule has 2 rings (SSSR count). The summed E-state index contributed by atoms with van der Waals surface area (Å²) in [4.78, 5) is 11.6. The molecule has 0 radical (unpaired) electrons. The average molecular weight is 284 g/mol. The highest BCUT2D eigenvalue weighted by Crippen LogP contribution is 2.17. The molecule has 86 valence electrons. The number of halogens is 1. The van der Waals surface area contributed by atoms with Crippen LogP contribution in [0.15, 0.2) is 28.7 Å². The lowest BCUT2D eigenvalue weighted by atomic mass is 10.2. The molecule has 0 saturated carbocycles. The van der Waals surface area contributed by atoms with Crippen molar-refractivity contribution in [2.75, 3.05) is 6.54 Å². The van der Waals surface area contributed by atoms with Gasteiger partial charge in [-0.05, 0) is 25.5 Å². The fourth-order valence-electron chi connectivity index (χ4n) is 1.75.